The van der Waals surface area contributed by atoms with Gasteiger partial charge in [-0.25, -0.2) is 0 Å². The van der Waals surface area contributed by atoms with Crippen molar-refractivity contribution in [3.8, 4) is 0 Å². The molecule has 4 heteroatoms. The largest absolute Gasteiger partial charge is 0.481 e. The van der Waals surface area contributed by atoms with Gasteiger partial charge in [0.25, 0.3) is 0 Å². The van der Waals surface area contributed by atoms with Crippen molar-refractivity contribution in [1.29, 1.82) is 0 Å². The third kappa shape index (κ3) is 0.962. The van der Waals surface area contributed by atoms with Gasteiger partial charge in [-0.3, -0.25) is 15.6 Å². The van der Waals surface area contributed by atoms with E-state index in [2.05, 4.69) is 10.9 Å². The molecule has 0 aromatic rings. The highest BCUT2D eigenvalue weighted by atomic mass is 16.4. The van der Waals surface area contributed by atoms with Crippen LogP contribution in [0.25, 0.3) is 0 Å². The average molecular weight is 116 g/mol. The number of aliphatic carboxylic acids is 1. The highest BCUT2D eigenvalue weighted by Crippen LogP contribution is 1.95. The Balaban J connectivity index is 2.35. The monoisotopic (exact) mass is 116 g/mol. The highest BCUT2D eigenvalue weighted by molar-refractivity contribution is 5.70. The van der Waals surface area contributed by atoms with Crippen LogP contribution in [-0.2, 0) is 4.79 Å². The van der Waals surface area contributed by atoms with Crippen LogP contribution in [0.15, 0.2) is 0 Å². The van der Waals surface area contributed by atoms with Crippen molar-refractivity contribution >= 4 is 5.97 Å². The number of hydrogen-bond donors (Lipinski definition) is 3. The SMILES string of the molecule is O=C(O)C1CNNC1. The van der Waals surface area contributed by atoms with Crippen molar-refractivity contribution in [3.05, 3.63) is 0 Å². The Hall–Kier alpha value is -0.610. The standard InChI is InChI=1S/C4H8N2O2/c7-4(8)3-1-5-6-2-3/h3,5-6H,1-2H2,(H,7,8). The molecule has 0 amide bonds. The lowest BCUT2D eigenvalue weighted by atomic mass is 10.2. The predicted octanol–water partition coefficient (Wildman–Crippen LogP) is -1.20. The summed E-state index contributed by atoms with van der Waals surface area (Å²) in [5.41, 5.74) is 5.45. The molecule has 1 aliphatic heterocycles. The van der Waals surface area contributed by atoms with E-state index >= 15 is 0 Å². The summed E-state index contributed by atoms with van der Waals surface area (Å²) in [7, 11) is 0. The lowest BCUT2D eigenvalue weighted by molar-refractivity contribution is -0.140. The van der Waals surface area contributed by atoms with Gasteiger partial charge in [-0.2, -0.15) is 0 Å². The Morgan fingerprint density at radius 3 is 2.25 bits per heavy atom. The maximum atomic E-state index is 10.1. The van der Waals surface area contributed by atoms with Crippen molar-refractivity contribution in [2.75, 3.05) is 13.1 Å². The Bertz CT molecular complexity index is 98.2. The van der Waals surface area contributed by atoms with E-state index in [-0.39, 0.29) is 5.92 Å². The Kier molecular flexibility index (Phi) is 1.45. The summed E-state index contributed by atoms with van der Waals surface area (Å²) in [6.45, 7) is 1.07. The molecule has 1 aliphatic rings. The Morgan fingerprint density at radius 2 is 2.00 bits per heavy atom. The molecule has 1 saturated heterocycles. The number of carbonyl (C=O) groups is 1. The summed E-state index contributed by atoms with van der Waals surface area (Å²) >= 11 is 0. The minimum absolute atomic E-state index is 0.241. The molecule has 0 radical (unpaired) electrons. The first-order valence-electron chi connectivity index (χ1n) is 2.49. The van der Waals surface area contributed by atoms with Gasteiger partial charge in [0.2, 0.25) is 0 Å². The number of hydrazine groups is 1. The van der Waals surface area contributed by atoms with Gasteiger partial charge in [0, 0.05) is 13.1 Å². The first-order valence-corrected chi connectivity index (χ1v) is 2.49. The second kappa shape index (κ2) is 2.11. The third-order valence-electron chi connectivity index (χ3n) is 1.17. The first-order chi connectivity index (χ1) is 3.80. The van der Waals surface area contributed by atoms with Crippen LogP contribution in [0.1, 0.15) is 0 Å². The van der Waals surface area contributed by atoms with E-state index in [0.717, 1.165) is 0 Å². The molecule has 0 aromatic carbocycles. The van der Waals surface area contributed by atoms with Crippen LogP contribution < -0.4 is 10.9 Å². The van der Waals surface area contributed by atoms with Crippen molar-refractivity contribution < 1.29 is 9.90 Å². The molecule has 0 bridgehead atoms. The number of rotatable bonds is 1. The fraction of sp³-hybridized carbons (Fsp3) is 0.750. The molecule has 0 aromatic heterocycles. The summed E-state index contributed by atoms with van der Waals surface area (Å²) < 4.78 is 0. The van der Waals surface area contributed by atoms with Gasteiger partial charge in [0.15, 0.2) is 0 Å². The lowest BCUT2D eigenvalue weighted by Gasteiger charge is -1.95. The van der Waals surface area contributed by atoms with Crippen molar-refractivity contribution in [3.63, 3.8) is 0 Å². The first kappa shape index (κ1) is 5.53. The topological polar surface area (TPSA) is 61.4 Å². The zero-order valence-electron chi connectivity index (χ0n) is 4.35. The smallest absolute Gasteiger partial charge is 0.309 e. The van der Waals surface area contributed by atoms with Crippen LogP contribution in [-0.4, -0.2) is 24.2 Å². The summed E-state index contributed by atoms with van der Waals surface area (Å²) in [5.74, 6) is -0.975. The minimum Gasteiger partial charge on any atom is -0.481 e. The van der Waals surface area contributed by atoms with Gasteiger partial charge < -0.3 is 5.11 Å². The summed E-state index contributed by atoms with van der Waals surface area (Å²) in [4.78, 5) is 10.1. The van der Waals surface area contributed by atoms with Gasteiger partial charge in [-0.1, -0.05) is 0 Å². The summed E-state index contributed by atoms with van der Waals surface area (Å²) in [6, 6.07) is 0. The second-order valence-electron chi connectivity index (χ2n) is 1.80. The van der Waals surface area contributed by atoms with Gasteiger partial charge in [0.1, 0.15) is 0 Å². The van der Waals surface area contributed by atoms with Crippen LogP contribution in [0.4, 0.5) is 0 Å². The van der Waals surface area contributed by atoms with E-state index in [1.807, 2.05) is 0 Å². The molecule has 1 rings (SSSR count). The zero-order valence-corrected chi connectivity index (χ0v) is 4.35. The molecule has 0 atom stereocenters. The van der Waals surface area contributed by atoms with Crippen LogP contribution in [0, 0.1) is 5.92 Å². The normalized spacial score (nSPS) is 21.5. The molecule has 1 heterocycles. The molecule has 0 saturated carbocycles. The van der Waals surface area contributed by atoms with Crippen LogP contribution in [0.5, 0.6) is 0 Å². The fourth-order valence-corrected chi connectivity index (χ4v) is 0.638. The molecule has 46 valence electrons. The third-order valence-corrected chi connectivity index (χ3v) is 1.17. The number of carboxylic acids is 1. The molecule has 0 unspecified atom stereocenters. The minimum atomic E-state index is -0.734. The average Bonchev–Trinajstić information content (AvgIpc) is 2.12. The fourth-order valence-electron chi connectivity index (χ4n) is 0.638. The molecular weight excluding hydrogens is 108 g/mol. The zero-order chi connectivity index (χ0) is 5.98. The van der Waals surface area contributed by atoms with Gasteiger partial charge >= 0.3 is 5.97 Å². The van der Waals surface area contributed by atoms with Crippen LogP contribution >= 0.6 is 0 Å². The molecule has 0 spiro atoms. The summed E-state index contributed by atoms with van der Waals surface area (Å²) in [5, 5.41) is 8.33. The van der Waals surface area contributed by atoms with Crippen molar-refractivity contribution in [1.82, 2.24) is 10.9 Å². The second-order valence-corrected chi connectivity index (χ2v) is 1.80. The van der Waals surface area contributed by atoms with Crippen LogP contribution in [0.3, 0.4) is 0 Å². The quantitative estimate of drug-likeness (QED) is 0.402. The van der Waals surface area contributed by atoms with Crippen LogP contribution in [0.2, 0.25) is 0 Å². The molecule has 1 fully saturated rings. The van der Waals surface area contributed by atoms with Gasteiger partial charge in [-0.15, -0.1) is 0 Å². The summed E-state index contributed by atoms with van der Waals surface area (Å²) in [6.07, 6.45) is 0. The maximum Gasteiger partial charge on any atom is 0.309 e. The predicted molar refractivity (Wildman–Crippen MR) is 27.1 cm³/mol. The molecule has 0 aliphatic carbocycles. The highest BCUT2D eigenvalue weighted by Gasteiger charge is 2.20. The molecule has 4 nitrogen and oxygen atoms in total. The number of carboxylic acid groups (broad SMARTS) is 1. The molecule has 3 N–H and O–H groups in total. The van der Waals surface area contributed by atoms with Gasteiger partial charge in [0.05, 0.1) is 5.92 Å². The number of hydrogen-bond acceptors (Lipinski definition) is 3. The molecular formula is C4H8N2O2. The number of nitrogens with one attached hydrogen (secondary N) is 2. The Labute approximate surface area is 46.9 Å². The van der Waals surface area contributed by atoms with E-state index in [1.54, 1.807) is 0 Å². The van der Waals surface area contributed by atoms with Crippen molar-refractivity contribution in [2.45, 2.75) is 0 Å². The van der Waals surface area contributed by atoms with E-state index in [9.17, 15) is 4.79 Å². The Morgan fingerprint density at radius 1 is 1.50 bits per heavy atom. The maximum absolute atomic E-state index is 10.1. The lowest BCUT2D eigenvalue weighted by Crippen LogP contribution is -2.21. The van der Waals surface area contributed by atoms with Gasteiger partial charge in [-0.05, 0) is 0 Å². The van der Waals surface area contributed by atoms with E-state index < -0.39 is 5.97 Å². The molecule has 8 heavy (non-hydrogen) atoms. The van der Waals surface area contributed by atoms with E-state index in [1.165, 1.54) is 0 Å². The van der Waals surface area contributed by atoms with Crippen molar-refractivity contribution in [2.24, 2.45) is 5.92 Å². The van der Waals surface area contributed by atoms with E-state index in [4.69, 9.17) is 5.11 Å². The van der Waals surface area contributed by atoms with E-state index in [0.29, 0.717) is 13.1 Å².